The van der Waals surface area contributed by atoms with Crippen LogP contribution >= 0.6 is 0 Å². The molecule has 1 aliphatic rings. The molecular weight excluding hydrogens is 332 g/mol. The third kappa shape index (κ3) is 8.19. The van der Waals surface area contributed by atoms with Gasteiger partial charge in [-0.3, -0.25) is 9.59 Å². The zero-order valence-corrected chi connectivity index (χ0v) is 16.8. The van der Waals surface area contributed by atoms with Crippen molar-refractivity contribution in [1.29, 1.82) is 0 Å². The molecule has 26 heavy (non-hydrogen) atoms. The maximum atomic E-state index is 12.5. The van der Waals surface area contributed by atoms with Crippen molar-refractivity contribution in [3.8, 4) is 0 Å². The molecule has 1 rings (SSSR count). The number of rotatable bonds is 3. The number of hydrogen-bond acceptors (Lipinski definition) is 4. The molecule has 0 aromatic rings. The normalized spacial score (nSPS) is 26.0. The first-order valence-corrected chi connectivity index (χ1v) is 10.1. The van der Waals surface area contributed by atoms with Crippen LogP contribution in [-0.2, 0) is 19.1 Å². The van der Waals surface area contributed by atoms with Crippen LogP contribution in [-0.4, -0.2) is 36.5 Å². The van der Waals surface area contributed by atoms with Crippen molar-refractivity contribution in [1.82, 2.24) is 10.6 Å². The van der Waals surface area contributed by atoms with E-state index >= 15 is 0 Å². The third-order valence-electron chi connectivity index (χ3n) is 5.13. The molecule has 0 aromatic heterocycles. The Morgan fingerprint density at radius 3 is 2.00 bits per heavy atom. The average molecular weight is 369 g/mol. The van der Waals surface area contributed by atoms with Crippen molar-refractivity contribution in [3.05, 3.63) is 0 Å². The molecule has 6 heteroatoms. The van der Waals surface area contributed by atoms with Crippen molar-refractivity contribution in [2.24, 2.45) is 11.8 Å². The minimum absolute atomic E-state index is 0.0205. The first kappa shape index (κ1) is 22.5. The van der Waals surface area contributed by atoms with E-state index in [-0.39, 0.29) is 36.3 Å². The number of hydrogen-bond donors (Lipinski definition) is 2. The third-order valence-corrected chi connectivity index (χ3v) is 5.13. The van der Waals surface area contributed by atoms with Gasteiger partial charge in [-0.1, -0.05) is 53.4 Å². The minimum Gasteiger partial charge on any atom is -0.462 e. The summed E-state index contributed by atoms with van der Waals surface area (Å²) in [6.07, 6.45) is 6.42. The van der Waals surface area contributed by atoms with E-state index in [0.29, 0.717) is 12.8 Å². The summed E-state index contributed by atoms with van der Waals surface area (Å²) >= 11 is 0. The summed E-state index contributed by atoms with van der Waals surface area (Å²) < 4.78 is 5.48. The molecule has 1 heterocycles. The Balaban J connectivity index is 2.82. The van der Waals surface area contributed by atoms with Gasteiger partial charge in [-0.25, -0.2) is 4.79 Å². The van der Waals surface area contributed by atoms with E-state index in [1.807, 2.05) is 20.8 Å². The molecule has 2 amide bonds. The summed E-state index contributed by atoms with van der Waals surface area (Å²) in [6, 6.07) is -0.850. The van der Waals surface area contributed by atoms with Gasteiger partial charge in [0.1, 0.15) is 12.6 Å². The highest BCUT2D eigenvalue weighted by Crippen LogP contribution is 2.13. The summed E-state index contributed by atoms with van der Waals surface area (Å²) in [6.45, 7) is 8.00. The van der Waals surface area contributed by atoms with Crippen LogP contribution in [0.25, 0.3) is 0 Å². The quantitative estimate of drug-likeness (QED) is 0.750. The maximum Gasteiger partial charge on any atom is 0.328 e. The highest BCUT2D eigenvalue weighted by atomic mass is 16.5. The summed E-state index contributed by atoms with van der Waals surface area (Å²) in [5.41, 5.74) is 0. The Kier molecular flexibility index (Phi) is 10.3. The summed E-state index contributed by atoms with van der Waals surface area (Å²) in [5.74, 6) is -0.352. The van der Waals surface area contributed by atoms with E-state index in [1.165, 1.54) is 0 Å². The highest BCUT2D eigenvalue weighted by Gasteiger charge is 2.27. The van der Waals surface area contributed by atoms with Gasteiger partial charge < -0.3 is 15.4 Å². The molecule has 2 N–H and O–H groups in total. The first-order chi connectivity index (χ1) is 12.3. The van der Waals surface area contributed by atoms with Gasteiger partial charge in [0.25, 0.3) is 0 Å². The van der Waals surface area contributed by atoms with E-state index in [0.717, 1.165) is 38.5 Å². The molecule has 0 bridgehead atoms. The molecule has 150 valence electrons. The molecule has 1 saturated heterocycles. The van der Waals surface area contributed by atoms with Crippen LogP contribution in [0.15, 0.2) is 0 Å². The second kappa shape index (κ2) is 11.9. The van der Waals surface area contributed by atoms with E-state index in [2.05, 4.69) is 17.6 Å². The van der Waals surface area contributed by atoms with Crippen molar-refractivity contribution in [3.63, 3.8) is 0 Å². The monoisotopic (exact) mass is 368 g/mol. The van der Waals surface area contributed by atoms with Gasteiger partial charge >= 0.3 is 5.97 Å². The van der Waals surface area contributed by atoms with Gasteiger partial charge in [-0.05, 0) is 24.7 Å². The lowest BCUT2D eigenvalue weighted by Gasteiger charge is -2.26. The predicted octanol–water partition coefficient (Wildman–Crippen LogP) is 2.95. The number of esters is 1. The van der Waals surface area contributed by atoms with Crippen molar-refractivity contribution in [2.45, 2.75) is 91.1 Å². The van der Waals surface area contributed by atoms with Crippen molar-refractivity contribution >= 4 is 17.8 Å². The number of carbonyl (C=O) groups is 3. The van der Waals surface area contributed by atoms with E-state index in [4.69, 9.17) is 4.74 Å². The zero-order valence-electron chi connectivity index (χ0n) is 16.8. The van der Waals surface area contributed by atoms with Crippen LogP contribution in [0.4, 0.5) is 0 Å². The maximum absolute atomic E-state index is 12.5. The van der Waals surface area contributed by atoms with Gasteiger partial charge in [-0.15, -0.1) is 0 Å². The van der Waals surface area contributed by atoms with Gasteiger partial charge in [0.2, 0.25) is 11.8 Å². The summed E-state index contributed by atoms with van der Waals surface area (Å²) in [5, 5.41) is 5.83. The molecule has 0 aromatic carbocycles. The van der Waals surface area contributed by atoms with E-state index < -0.39 is 12.0 Å². The fraction of sp³-hybridized carbons (Fsp3) is 0.850. The van der Waals surface area contributed by atoms with Crippen molar-refractivity contribution < 1.29 is 19.1 Å². The second-order valence-electron chi connectivity index (χ2n) is 7.75. The Bertz CT molecular complexity index is 465. The van der Waals surface area contributed by atoms with Crippen LogP contribution < -0.4 is 10.6 Å². The number of carbonyl (C=O) groups excluding carboxylic acids is 3. The fourth-order valence-corrected chi connectivity index (χ4v) is 3.02. The number of nitrogens with one attached hydrogen (secondary N) is 2. The Morgan fingerprint density at radius 2 is 1.46 bits per heavy atom. The van der Waals surface area contributed by atoms with Crippen LogP contribution in [0.3, 0.4) is 0 Å². The van der Waals surface area contributed by atoms with Crippen molar-refractivity contribution in [2.75, 3.05) is 6.61 Å². The molecule has 6 nitrogen and oxygen atoms in total. The zero-order chi connectivity index (χ0) is 19.5. The topological polar surface area (TPSA) is 84.5 Å². The molecule has 3 atom stereocenters. The minimum atomic E-state index is -0.649. The molecule has 0 saturated carbocycles. The summed E-state index contributed by atoms with van der Waals surface area (Å²) in [7, 11) is 0. The second-order valence-corrected chi connectivity index (χ2v) is 7.75. The molecule has 0 aliphatic carbocycles. The van der Waals surface area contributed by atoms with Crippen LogP contribution in [0, 0.1) is 11.8 Å². The highest BCUT2D eigenvalue weighted by molar-refractivity contribution is 5.84. The SMILES string of the molecule is CC[C@H](C)[C@H]1COC(=O)[C@H](C(C)C)NC(=O)CCCCCCCC(=O)N1. The Morgan fingerprint density at radius 1 is 0.923 bits per heavy atom. The smallest absolute Gasteiger partial charge is 0.328 e. The first-order valence-electron chi connectivity index (χ1n) is 10.1. The molecule has 1 fully saturated rings. The van der Waals surface area contributed by atoms with Gasteiger partial charge in [-0.2, -0.15) is 0 Å². The molecule has 0 spiro atoms. The molecular formula is C20H36N2O4. The van der Waals surface area contributed by atoms with Gasteiger partial charge in [0.05, 0.1) is 6.04 Å². The molecule has 0 unspecified atom stereocenters. The van der Waals surface area contributed by atoms with Gasteiger partial charge in [0.15, 0.2) is 0 Å². The Labute approximate surface area is 157 Å². The molecule has 0 radical (unpaired) electrons. The molecule has 1 aliphatic heterocycles. The lowest BCUT2D eigenvalue weighted by Crippen LogP contribution is -2.48. The average Bonchev–Trinajstić information content (AvgIpc) is 2.60. The van der Waals surface area contributed by atoms with Crippen LogP contribution in [0.2, 0.25) is 0 Å². The number of ether oxygens (including phenoxy) is 1. The number of amides is 2. The largest absolute Gasteiger partial charge is 0.462 e. The van der Waals surface area contributed by atoms with E-state index in [1.54, 1.807) is 0 Å². The standard InChI is InChI=1S/C20H36N2O4/c1-5-15(4)16-13-26-20(25)19(14(2)3)22-18(24)12-10-8-6-7-9-11-17(23)21-16/h14-16,19H,5-13H2,1-4H3,(H,21,23)(H,22,24)/t15-,16+,19-/m0/s1. The lowest BCUT2D eigenvalue weighted by molar-refractivity contribution is -0.150. The number of cyclic esters (lactones) is 1. The summed E-state index contributed by atoms with van der Waals surface area (Å²) in [4.78, 5) is 36.8. The fourth-order valence-electron chi connectivity index (χ4n) is 3.02. The van der Waals surface area contributed by atoms with Gasteiger partial charge in [0, 0.05) is 12.8 Å². The van der Waals surface area contributed by atoms with Crippen LogP contribution in [0.5, 0.6) is 0 Å². The van der Waals surface area contributed by atoms with E-state index in [9.17, 15) is 14.4 Å². The lowest BCUT2D eigenvalue weighted by atomic mass is 9.99. The predicted molar refractivity (Wildman–Crippen MR) is 101 cm³/mol. The Hall–Kier alpha value is -1.59. The van der Waals surface area contributed by atoms with Crippen LogP contribution in [0.1, 0.15) is 79.1 Å².